The van der Waals surface area contributed by atoms with E-state index in [1.165, 1.54) is 11.1 Å². The van der Waals surface area contributed by atoms with Gasteiger partial charge < -0.3 is 15.1 Å². The van der Waals surface area contributed by atoms with Gasteiger partial charge in [0.25, 0.3) is 5.56 Å². The highest BCUT2D eigenvalue weighted by molar-refractivity contribution is 5.90. The zero-order valence-electron chi connectivity index (χ0n) is 17.0. The van der Waals surface area contributed by atoms with Crippen molar-refractivity contribution >= 4 is 27.6 Å². The normalized spacial score (nSPS) is 11.1. The number of H-pyrrole nitrogens is 1. The molecule has 5 rings (SSSR count). The molecule has 0 saturated heterocycles. The van der Waals surface area contributed by atoms with E-state index in [-0.39, 0.29) is 12.2 Å². The fourth-order valence-electron chi connectivity index (χ4n) is 3.68. The molecule has 0 saturated carbocycles. The Kier molecular flexibility index (Phi) is 4.84. The fraction of sp³-hybridized carbons (Fsp3) is 0.125. The first kappa shape index (κ1) is 18.9. The minimum atomic E-state index is -0.287. The van der Waals surface area contributed by atoms with Gasteiger partial charge in [-0.05, 0) is 41.6 Å². The first-order chi connectivity index (χ1) is 15.2. The Morgan fingerprint density at radius 3 is 2.77 bits per heavy atom. The second-order valence-corrected chi connectivity index (χ2v) is 7.36. The summed E-state index contributed by atoms with van der Waals surface area (Å²) in [5.74, 6) is 0. The smallest absolute Gasteiger partial charge is 0.287 e. The number of nitrogens with zero attached hydrogens (tertiary/aromatic N) is 3. The predicted molar refractivity (Wildman–Crippen MR) is 121 cm³/mol. The molecule has 154 valence electrons. The second-order valence-electron chi connectivity index (χ2n) is 7.36. The Balaban J connectivity index is 1.47. The second kappa shape index (κ2) is 7.95. The van der Waals surface area contributed by atoms with Crippen molar-refractivity contribution in [3.63, 3.8) is 0 Å². The molecular weight excluding hydrogens is 390 g/mol. The standard InChI is InChI=1S/C24H21N5O2/c1-16-23-21(26-13-18-7-8-20-19(11-18)9-10-25-20)12-22(30)29(24(23)28-15-27-16)31-14-17-5-3-2-4-6-17/h2-12,15,25-26H,13-14H2,1H3. The van der Waals surface area contributed by atoms with Gasteiger partial charge in [0.15, 0.2) is 5.65 Å². The highest BCUT2D eigenvalue weighted by Gasteiger charge is 2.14. The summed E-state index contributed by atoms with van der Waals surface area (Å²) in [6, 6.07) is 19.5. The van der Waals surface area contributed by atoms with Gasteiger partial charge in [0.1, 0.15) is 12.9 Å². The van der Waals surface area contributed by atoms with E-state index in [2.05, 4.69) is 32.4 Å². The molecule has 7 nitrogen and oxygen atoms in total. The summed E-state index contributed by atoms with van der Waals surface area (Å²) in [5.41, 5.74) is 4.79. The van der Waals surface area contributed by atoms with Gasteiger partial charge in [-0.1, -0.05) is 36.4 Å². The van der Waals surface area contributed by atoms with Crippen LogP contribution in [0.15, 0.2) is 78.0 Å². The van der Waals surface area contributed by atoms with E-state index in [1.54, 1.807) is 6.07 Å². The topological polar surface area (TPSA) is 84.8 Å². The molecule has 0 bridgehead atoms. The molecule has 2 N–H and O–H groups in total. The maximum atomic E-state index is 12.9. The predicted octanol–water partition coefficient (Wildman–Crippen LogP) is 3.82. The lowest BCUT2D eigenvalue weighted by atomic mass is 10.1. The van der Waals surface area contributed by atoms with E-state index in [0.29, 0.717) is 17.9 Å². The molecule has 0 atom stereocenters. The number of aromatic amines is 1. The Morgan fingerprint density at radius 1 is 1.03 bits per heavy atom. The molecule has 0 aliphatic carbocycles. The van der Waals surface area contributed by atoms with Crippen LogP contribution < -0.4 is 15.7 Å². The monoisotopic (exact) mass is 411 g/mol. The molecule has 0 aliphatic heterocycles. The van der Waals surface area contributed by atoms with Crippen LogP contribution in [0, 0.1) is 6.92 Å². The van der Waals surface area contributed by atoms with Gasteiger partial charge in [0.05, 0.1) is 16.8 Å². The molecular formula is C24H21N5O2. The largest absolute Gasteiger partial charge is 0.404 e. The number of benzene rings is 2. The van der Waals surface area contributed by atoms with Crippen molar-refractivity contribution in [2.45, 2.75) is 20.1 Å². The number of nitrogens with one attached hydrogen (secondary N) is 2. The summed E-state index contributed by atoms with van der Waals surface area (Å²) in [4.78, 5) is 30.6. The third-order valence-corrected chi connectivity index (χ3v) is 5.25. The number of rotatable bonds is 6. The average molecular weight is 411 g/mol. The van der Waals surface area contributed by atoms with E-state index < -0.39 is 0 Å². The third kappa shape index (κ3) is 3.73. The zero-order valence-corrected chi connectivity index (χ0v) is 17.0. The quantitative estimate of drug-likeness (QED) is 0.444. The molecule has 0 unspecified atom stereocenters. The van der Waals surface area contributed by atoms with E-state index in [1.807, 2.05) is 55.6 Å². The number of pyridine rings is 1. The average Bonchev–Trinajstić information content (AvgIpc) is 3.26. The lowest BCUT2D eigenvalue weighted by Crippen LogP contribution is -2.28. The molecule has 0 amide bonds. The summed E-state index contributed by atoms with van der Waals surface area (Å²) in [5, 5.41) is 5.29. The maximum Gasteiger partial charge on any atom is 0.287 e. The lowest BCUT2D eigenvalue weighted by molar-refractivity contribution is 0.0979. The van der Waals surface area contributed by atoms with Crippen LogP contribution in [-0.4, -0.2) is 19.7 Å². The number of hydrogen-bond acceptors (Lipinski definition) is 5. The first-order valence-electron chi connectivity index (χ1n) is 10.0. The fourth-order valence-corrected chi connectivity index (χ4v) is 3.68. The van der Waals surface area contributed by atoms with Crippen LogP contribution in [0.5, 0.6) is 0 Å². The summed E-state index contributed by atoms with van der Waals surface area (Å²) in [6.07, 6.45) is 3.37. The van der Waals surface area contributed by atoms with Gasteiger partial charge in [0, 0.05) is 24.3 Å². The molecule has 2 aromatic carbocycles. The molecule has 5 aromatic rings. The number of aromatic nitrogens is 4. The maximum absolute atomic E-state index is 12.9. The number of aryl methyl sites for hydroxylation is 1. The third-order valence-electron chi connectivity index (χ3n) is 5.25. The molecule has 7 heteroatoms. The van der Waals surface area contributed by atoms with Gasteiger partial charge >= 0.3 is 0 Å². The summed E-state index contributed by atoms with van der Waals surface area (Å²) < 4.78 is 1.24. The van der Waals surface area contributed by atoms with Crippen molar-refractivity contribution in [2.75, 3.05) is 5.32 Å². The highest BCUT2D eigenvalue weighted by atomic mass is 16.7. The Morgan fingerprint density at radius 2 is 1.90 bits per heavy atom. The number of hydrogen-bond donors (Lipinski definition) is 2. The Hall–Kier alpha value is -4.13. The molecule has 0 fully saturated rings. The highest BCUT2D eigenvalue weighted by Crippen LogP contribution is 2.23. The van der Waals surface area contributed by atoms with E-state index >= 15 is 0 Å². The van der Waals surface area contributed by atoms with Crippen molar-refractivity contribution < 1.29 is 4.84 Å². The van der Waals surface area contributed by atoms with Gasteiger partial charge in [-0.25, -0.2) is 9.97 Å². The number of fused-ring (bicyclic) bond motifs is 2. The van der Waals surface area contributed by atoms with Crippen LogP contribution in [0.2, 0.25) is 0 Å². The minimum Gasteiger partial charge on any atom is -0.404 e. The van der Waals surface area contributed by atoms with Gasteiger partial charge in [-0.2, -0.15) is 0 Å². The zero-order chi connectivity index (χ0) is 21.2. The van der Waals surface area contributed by atoms with Crippen LogP contribution in [0.4, 0.5) is 5.69 Å². The Bertz CT molecular complexity index is 1420. The first-order valence-corrected chi connectivity index (χ1v) is 10.0. The lowest BCUT2D eigenvalue weighted by Gasteiger charge is -2.15. The molecule has 0 radical (unpaired) electrons. The van der Waals surface area contributed by atoms with Crippen molar-refractivity contribution in [1.29, 1.82) is 0 Å². The van der Waals surface area contributed by atoms with Crippen molar-refractivity contribution in [3.05, 3.63) is 100 Å². The molecule has 31 heavy (non-hydrogen) atoms. The van der Waals surface area contributed by atoms with Crippen LogP contribution >= 0.6 is 0 Å². The van der Waals surface area contributed by atoms with Gasteiger partial charge in [-0.3, -0.25) is 4.79 Å². The van der Waals surface area contributed by atoms with E-state index in [4.69, 9.17) is 4.84 Å². The van der Waals surface area contributed by atoms with Gasteiger partial charge in [-0.15, -0.1) is 4.73 Å². The van der Waals surface area contributed by atoms with Crippen LogP contribution in [0.1, 0.15) is 16.8 Å². The van der Waals surface area contributed by atoms with Crippen LogP contribution in [0.25, 0.3) is 21.9 Å². The van der Waals surface area contributed by atoms with Crippen molar-refractivity contribution in [2.24, 2.45) is 0 Å². The van der Waals surface area contributed by atoms with Crippen molar-refractivity contribution in [3.8, 4) is 0 Å². The van der Waals surface area contributed by atoms with Gasteiger partial charge in [0.2, 0.25) is 0 Å². The summed E-state index contributed by atoms with van der Waals surface area (Å²) in [6.45, 7) is 2.73. The van der Waals surface area contributed by atoms with E-state index in [0.717, 1.165) is 33.1 Å². The van der Waals surface area contributed by atoms with Crippen LogP contribution in [-0.2, 0) is 13.2 Å². The van der Waals surface area contributed by atoms with Crippen LogP contribution in [0.3, 0.4) is 0 Å². The summed E-state index contributed by atoms with van der Waals surface area (Å²) >= 11 is 0. The molecule has 0 aliphatic rings. The Labute approximate surface area is 178 Å². The van der Waals surface area contributed by atoms with Crippen molar-refractivity contribution in [1.82, 2.24) is 19.7 Å². The molecule has 3 heterocycles. The van der Waals surface area contributed by atoms with E-state index in [9.17, 15) is 4.79 Å². The SMILES string of the molecule is Cc1ncnc2c1c(NCc1ccc3[nH]ccc3c1)cc(=O)n2OCc1ccccc1. The molecule has 0 spiro atoms. The summed E-state index contributed by atoms with van der Waals surface area (Å²) in [7, 11) is 0. The number of anilines is 1. The molecule has 3 aromatic heterocycles. The minimum absolute atomic E-state index is 0.266.